The van der Waals surface area contributed by atoms with Crippen LogP contribution in [0, 0.1) is 5.92 Å². The third-order valence-electron chi connectivity index (χ3n) is 3.07. The van der Waals surface area contributed by atoms with Gasteiger partial charge in [0, 0.05) is 12.3 Å². The summed E-state index contributed by atoms with van der Waals surface area (Å²) in [5, 5.41) is 0.586. The van der Waals surface area contributed by atoms with Gasteiger partial charge in [-0.25, -0.2) is 0 Å². The lowest BCUT2D eigenvalue weighted by Gasteiger charge is -2.12. The molecule has 0 aromatic heterocycles. The molecule has 0 saturated carbocycles. The van der Waals surface area contributed by atoms with Gasteiger partial charge in [-0.2, -0.15) is 0 Å². The third kappa shape index (κ3) is 3.58. The molecule has 0 saturated heterocycles. The zero-order valence-corrected chi connectivity index (χ0v) is 12.7. The van der Waals surface area contributed by atoms with Crippen LogP contribution in [0.1, 0.15) is 25.8 Å². The monoisotopic (exact) mass is 300 g/mol. The Morgan fingerprint density at radius 1 is 1.32 bits per heavy atom. The van der Waals surface area contributed by atoms with Crippen molar-refractivity contribution in [1.82, 2.24) is 0 Å². The van der Waals surface area contributed by atoms with Crippen molar-refractivity contribution < 1.29 is 9.47 Å². The van der Waals surface area contributed by atoms with Crippen LogP contribution >= 0.6 is 23.2 Å². The van der Waals surface area contributed by atoms with Gasteiger partial charge in [-0.3, -0.25) is 0 Å². The van der Waals surface area contributed by atoms with E-state index in [0.29, 0.717) is 41.5 Å². The van der Waals surface area contributed by atoms with Gasteiger partial charge in [0.15, 0.2) is 11.5 Å². The minimum Gasteiger partial charge on any atom is -0.489 e. The molecule has 0 N–H and O–H groups in total. The van der Waals surface area contributed by atoms with Gasteiger partial charge >= 0.3 is 0 Å². The highest BCUT2D eigenvalue weighted by molar-refractivity contribution is 6.32. The standard InChI is InChI=1S/C15H18Cl2O2/c1-10(2)12(9-16)6-11-7-13(17)15-14(8-11)18-4-3-5-19-15/h6-8,10H,3-5,9H2,1-2H3. The van der Waals surface area contributed by atoms with Crippen LogP contribution in [0.2, 0.25) is 5.02 Å². The fourth-order valence-corrected chi connectivity index (χ4v) is 2.57. The molecule has 0 fully saturated rings. The van der Waals surface area contributed by atoms with Crippen molar-refractivity contribution in [3.05, 3.63) is 28.3 Å². The van der Waals surface area contributed by atoms with Crippen molar-refractivity contribution >= 4 is 29.3 Å². The molecule has 1 aliphatic rings. The molecule has 0 amide bonds. The summed E-state index contributed by atoms with van der Waals surface area (Å²) in [5.74, 6) is 2.29. The number of alkyl halides is 1. The molecule has 1 aliphatic heterocycles. The molecule has 0 bridgehead atoms. The number of benzene rings is 1. The topological polar surface area (TPSA) is 18.5 Å². The molecule has 1 aromatic carbocycles. The summed E-state index contributed by atoms with van der Waals surface area (Å²) in [6, 6.07) is 3.85. The number of allylic oxidation sites excluding steroid dienone is 1. The molecule has 2 rings (SSSR count). The van der Waals surface area contributed by atoms with E-state index in [2.05, 4.69) is 19.9 Å². The van der Waals surface area contributed by atoms with Crippen LogP contribution in [0.15, 0.2) is 17.7 Å². The summed E-state index contributed by atoms with van der Waals surface area (Å²) in [7, 11) is 0. The summed E-state index contributed by atoms with van der Waals surface area (Å²) in [5.41, 5.74) is 2.17. The molecular weight excluding hydrogens is 283 g/mol. The highest BCUT2D eigenvalue weighted by atomic mass is 35.5. The number of hydrogen-bond donors (Lipinski definition) is 0. The smallest absolute Gasteiger partial charge is 0.179 e. The highest BCUT2D eigenvalue weighted by Crippen LogP contribution is 2.38. The van der Waals surface area contributed by atoms with Crippen LogP contribution in [0.3, 0.4) is 0 Å². The Morgan fingerprint density at radius 3 is 2.74 bits per heavy atom. The highest BCUT2D eigenvalue weighted by Gasteiger charge is 2.15. The number of fused-ring (bicyclic) bond motifs is 1. The molecule has 19 heavy (non-hydrogen) atoms. The normalized spacial score (nSPS) is 15.5. The van der Waals surface area contributed by atoms with Gasteiger partial charge in [0.2, 0.25) is 0 Å². The fourth-order valence-electron chi connectivity index (χ4n) is 1.91. The summed E-state index contributed by atoms with van der Waals surface area (Å²) in [6.45, 7) is 5.54. The molecule has 0 radical (unpaired) electrons. The predicted octanol–water partition coefficient (Wildman–Crippen LogP) is 4.78. The van der Waals surface area contributed by atoms with Gasteiger partial charge in [-0.15, -0.1) is 11.6 Å². The zero-order chi connectivity index (χ0) is 13.8. The molecule has 4 heteroatoms. The minimum atomic E-state index is 0.409. The maximum Gasteiger partial charge on any atom is 0.179 e. The Morgan fingerprint density at radius 2 is 2.05 bits per heavy atom. The number of halogens is 2. The Labute approximate surface area is 124 Å². The lowest BCUT2D eigenvalue weighted by Crippen LogP contribution is -1.97. The Balaban J connectivity index is 2.38. The van der Waals surface area contributed by atoms with Gasteiger partial charge in [0.1, 0.15) is 0 Å². The summed E-state index contributed by atoms with van der Waals surface area (Å²) in [6.07, 6.45) is 2.94. The molecule has 104 valence electrons. The SMILES string of the molecule is CC(C)C(=Cc1cc(Cl)c2c(c1)OCCCO2)CCl. The Kier molecular flexibility index (Phi) is 5.00. The van der Waals surface area contributed by atoms with Crippen molar-refractivity contribution in [2.24, 2.45) is 5.92 Å². The number of hydrogen-bond acceptors (Lipinski definition) is 2. The lowest BCUT2D eigenvalue weighted by molar-refractivity contribution is 0.297. The Hall–Kier alpha value is -0.860. The van der Waals surface area contributed by atoms with E-state index in [0.717, 1.165) is 12.0 Å². The van der Waals surface area contributed by atoms with E-state index in [1.54, 1.807) is 0 Å². The van der Waals surface area contributed by atoms with Crippen molar-refractivity contribution in [2.45, 2.75) is 20.3 Å². The van der Waals surface area contributed by atoms with Crippen LogP contribution in [-0.2, 0) is 0 Å². The third-order valence-corrected chi connectivity index (χ3v) is 3.66. The van der Waals surface area contributed by atoms with Crippen LogP contribution in [0.25, 0.3) is 6.08 Å². The van der Waals surface area contributed by atoms with Crippen molar-refractivity contribution in [1.29, 1.82) is 0 Å². The molecule has 0 spiro atoms. The molecule has 1 heterocycles. The first-order valence-electron chi connectivity index (χ1n) is 6.47. The second kappa shape index (κ2) is 6.53. The van der Waals surface area contributed by atoms with E-state index in [9.17, 15) is 0 Å². The number of rotatable bonds is 3. The molecular formula is C15H18Cl2O2. The molecule has 2 nitrogen and oxygen atoms in total. The molecule has 0 aliphatic carbocycles. The maximum absolute atomic E-state index is 6.26. The van der Waals surface area contributed by atoms with Crippen molar-refractivity contribution in [3.8, 4) is 11.5 Å². The van der Waals surface area contributed by atoms with Gasteiger partial charge in [-0.1, -0.05) is 37.1 Å². The second-order valence-corrected chi connectivity index (χ2v) is 5.56. The largest absolute Gasteiger partial charge is 0.489 e. The second-order valence-electron chi connectivity index (χ2n) is 4.89. The molecule has 0 unspecified atom stereocenters. The minimum absolute atomic E-state index is 0.409. The average molecular weight is 301 g/mol. The molecule has 1 aromatic rings. The van der Waals surface area contributed by atoms with Crippen molar-refractivity contribution in [2.75, 3.05) is 19.1 Å². The predicted molar refractivity (Wildman–Crippen MR) is 80.6 cm³/mol. The van der Waals surface area contributed by atoms with Gasteiger partial charge in [0.05, 0.1) is 18.2 Å². The van der Waals surface area contributed by atoms with E-state index in [1.807, 2.05) is 12.1 Å². The first-order chi connectivity index (χ1) is 9.11. The van der Waals surface area contributed by atoms with Crippen LogP contribution in [0.4, 0.5) is 0 Å². The van der Waals surface area contributed by atoms with Gasteiger partial charge < -0.3 is 9.47 Å². The quantitative estimate of drug-likeness (QED) is 0.748. The van der Waals surface area contributed by atoms with E-state index < -0.39 is 0 Å². The number of ether oxygens (including phenoxy) is 2. The lowest BCUT2D eigenvalue weighted by atomic mass is 10.0. The summed E-state index contributed by atoms with van der Waals surface area (Å²) < 4.78 is 11.3. The summed E-state index contributed by atoms with van der Waals surface area (Å²) in [4.78, 5) is 0. The average Bonchev–Trinajstić information content (AvgIpc) is 2.61. The Bertz CT molecular complexity index is 481. The van der Waals surface area contributed by atoms with Gasteiger partial charge in [-0.05, 0) is 23.6 Å². The van der Waals surface area contributed by atoms with Crippen molar-refractivity contribution in [3.63, 3.8) is 0 Å². The van der Waals surface area contributed by atoms with E-state index in [4.69, 9.17) is 32.7 Å². The van der Waals surface area contributed by atoms with Crippen LogP contribution in [-0.4, -0.2) is 19.1 Å². The first-order valence-corrected chi connectivity index (χ1v) is 7.38. The van der Waals surface area contributed by atoms with Gasteiger partial charge in [0.25, 0.3) is 0 Å². The zero-order valence-electron chi connectivity index (χ0n) is 11.2. The molecule has 0 atom stereocenters. The first kappa shape index (κ1) is 14.5. The van der Waals surface area contributed by atoms with E-state index in [-0.39, 0.29) is 0 Å². The maximum atomic E-state index is 6.26. The van der Waals surface area contributed by atoms with E-state index in [1.165, 1.54) is 5.57 Å². The van der Waals surface area contributed by atoms with Crippen LogP contribution < -0.4 is 9.47 Å². The summed E-state index contributed by atoms with van der Waals surface area (Å²) >= 11 is 12.2. The van der Waals surface area contributed by atoms with E-state index >= 15 is 0 Å². The van der Waals surface area contributed by atoms with Crippen LogP contribution in [0.5, 0.6) is 11.5 Å². The fraction of sp³-hybridized carbons (Fsp3) is 0.467.